The van der Waals surface area contributed by atoms with Gasteiger partial charge in [0.05, 0.1) is 22.0 Å². The molecule has 2 N–H and O–H groups in total. The van der Waals surface area contributed by atoms with Gasteiger partial charge in [-0.05, 0) is 12.1 Å². The molecule has 0 spiro atoms. The summed E-state index contributed by atoms with van der Waals surface area (Å²) in [4.78, 5) is 24.1. The quantitative estimate of drug-likeness (QED) is 0.740. The fraction of sp³-hybridized carbons (Fsp3) is 0.111. The number of benzene rings is 2. The second kappa shape index (κ2) is 5.82. The van der Waals surface area contributed by atoms with Crippen molar-refractivity contribution in [2.75, 3.05) is 17.2 Å². The first-order chi connectivity index (χ1) is 12.0. The molecule has 0 atom stereocenters. The van der Waals surface area contributed by atoms with Gasteiger partial charge in [0.25, 0.3) is 11.8 Å². The van der Waals surface area contributed by atoms with Crippen LogP contribution in [0.1, 0.15) is 10.4 Å². The van der Waals surface area contributed by atoms with Crippen LogP contribution in [0.5, 0.6) is 5.75 Å². The van der Waals surface area contributed by atoms with Crippen molar-refractivity contribution in [3.05, 3.63) is 53.2 Å². The minimum absolute atomic E-state index is 0.0641. The van der Waals surface area contributed by atoms with E-state index in [1.54, 1.807) is 18.3 Å². The molecule has 1 aliphatic heterocycles. The van der Waals surface area contributed by atoms with Crippen LogP contribution in [0.15, 0.2) is 42.6 Å². The molecule has 25 heavy (non-hydrogen) atoms. The van der Waals surface area contributed by atoms with Gasteiger partial charge in [0, 0.05) is 30.2 Å². The molecule has 1 aromatic heterocycles. The zero-order chi connectivity index (χ0) is 17.6. The van der Waals surface area contributed by atoms with E-state index in [0.29, 0.717) is 27.7 Å². The second-order valence-corrected chi connectivity index (χ2v) is 6.20. The minimum Gasteiger partial charge on any atom is -0.482 e. The highest BCUT2D eigenvalue weighted by Gasteiger charge is 2.20. The average molecular weight is 356 g/mol. The molecule has 0 unspecified atom stereocenters. The van der Waals surface area contributed by atoms with Crippen molar-refractivity contribution in [2.45, 2.75) is 0 Å². The summed E-state index contributed by atoms with van der Waals surface area (Å²) in [6, 6.07) is 10.8. The lowest BCUT2D eigenvalue weighted by molar-refractivity contribution is -0.118. The second-order valence-electron chi connectivity index (χ2n) is 5.79. The zero-order valence-electron chi connectivity index (χ0n) is 13.3. The Kier molecular flexibility index (Phi) is 3.62. The first-order valence-corrected chi connectivity index (χ1v) is 8.02. The number of rotatable bonds is 2. The summed E-state index contributed by atoms with van der Waals surface area (Å²) >= 11 is 6.24. The van der Waals surface area contributed by atoms with Crippen LogP contribution in [0.4, 0.5) is 11.4 Å². The van der Waals surface area contributed by atoms with E-state index >= 15 is 0 Å². The largest absolute Gasteiger partial charge is 0.482 e. The number of anilines is 2. The monoisotopic (exact) mass is 355 g/mol. The number of ether oxygens (including phenoxy) is 1. The molecule has 2 amide bonds. The summed E-state index contributed by atoms with van der Waals surface area (Å²) in [6.07, 6.45) is 1.78. The molecule has 2 aromatic carbocycles. The Balaban J connectivity index is 1.68. The molecule has 1 aliphatic rings. The van der Waals surface area contributed by atoms with E-state index in [0.717, 1.165) is 10.9 Å². The third-order valence-corrected chi connectivity index (χ3v) is 4.40. The molecule has 6 nitrogen and oxygen atoms in total. The normalized spacial score (nSPS) is 13.1. The number of nitrogens with one attached hydrogen (secondary N) is 2. The fourth-order valence-corrected chi connectivity index (χ4v) is 3.12. The van der Waals surface area contributed by atoms with Gasteiger partial charge in [-0.2, -0.15) is 0 Å². The van der Waals surface area contributed by atoms with E-state index in [9.17, 15) is 9.59 Å². The van der Waals surface area contributed by atoms with Crippen LogP contribution < -0.4 is 15.4 Å². The van der Waals surface area contributed by atoms with Gasteiger partial charge >= 0.3 is 0 Å². The lowest BCUT2D eigenvalue weighted by atomic mass is 10.1. The topological polar surface area (TPSA) is 72.4 Å². The first-order valence-electron chi connectivity index (χ1n) is 7.64. The van der Waals surface area contributed by atoms with Gasteiger partial charge in [0.1, 0.15) is 5.75 Å². The lowest BCUT2D eigenvalue weighted by Gasteiger charge is -2.19. The molecular weight excluding hydrogens is 342 g/mol. The number of amides is 2. The van der Waals surface area contributed by atoms with Gasteiger partial charge in [-0.25, -0.2) is 0 Å². The van der Waals surface area contributed by atoms with Crippen LogP contribution in [0.2, 0.25) is 5.02 Å². The van der Waals surface area contributed by atoms with Gasteiger partial charge in [-0.1, -0.05) is 29.8 Å². The number of carbonyl (C=O) groups is 2. The predicted molar refractivity (Wildman–Crippen MR) is 96.4 cm³/mol. The summed E-state index contributed by atoms with van der Waals surface area (Å²) in [7, 11) is 1.89. The highest BCUT2D eigenvalue weighted by Crippen LogP contribution is 2.36. The fourth-order valence-electron chi connectivity index (χ4n) is 2.91. The van der Waals surface area contributed by atoms with E-state index in [-0.39, 0.29) is 18.4 Å². The zero-order valence-corrected chi connectivity index (χ0v) is 14.1. The van der Waals surface area contributed by atoms with Crippen LogP contribution >= 0.6 is 11.6 Å². The Labute approximate surface area is 148 Å². The van der Waals surface area contributed by atoms with E-state index in [1.165, 1.54) is 0 Å². The van der Waals surface area contributed by atoms with Crippen molar-refractivity contribution in [3.63, 3.8) is 0 Å². The maximum atomic E-state index is 12.7. The molecule has 7 heteroatoms. The lowest BCUT2D eigenvalue weighted by Crippen LogP contribution is -2.25. The number of carbonyl (C=O) groups excluding carboxylic acids is 2. The van der Waals surface area contributed by atoms with Crippen LogP contribution in [-0.4, -0.2) is 23.0 Å². The number of hydrogen-bond acceptors (Lipinski definition) is 3. The first kappa shape index (κ1) is 15.5. The molecule has 3 aromatic rings. The standard InChI is InChI=1S/C18H14ClN3O3/c1-22-8-11(10-4-2-3-5-15(10)22)18(24)21-13-7-16-14(6-12(13)19)20-17(23)9-25-16/h2-8H,9H2,1H3,(H,20,23)(H,21,24). The van der Waals surface area contributed by atoms with E-state index < -0.39 is 0 Å². The molecule has 126 valence electrons. The Bertz CT molecular complexity index is 1030. The number of nitrogens with zero attached hydrogens (tertiary/aromatic N) is 1. The maximum Gasteiger partial charge on any atom is 0.262 e. The van der Waals surface area contributed by atoms with Gasteiger partial charge < -0.3 is 19.9 Å². The van der Waals surface area contributed by atoms with Crippen molar-refractivity contribution < 1.29 is 14.3 Å². The van der Waals surface area contributed by atoms with E-state index in [4.69, 9.17) is 16.3 Å². The van der Waals surface area contributed by atoms with Gasteiger partial charge in [-0.3, -0.25) is 9.59 Å². The maximum absolute atomic E-state index is 12.7. The molecular formula is C18H14ClN3O3. The number of aromatic nitrogens is 1. The van der Waals surface area contributed by atoms with Gasteiger partial charge in [0.2, 0.25) is 0 Å². The third kappa shape index (κ3) is 2.70. The van der Waals surface area contributed by atoms with Gasteiger partial charge in [-0.15, -0.1) is 0 Å². The predicted octanol–water partition coefficient (Wildman–Crippen LogP) is 3.41. The molecule has 4 rings (SSSR count). The number of fused-ring (bicyclic) bond motifs is 2. The number of halogens is 1. The summed E-state index contributed by atoms with van der Waals surface area (Å²) in [6.45, 7) is -0.0641. The smallest absolute Gasteiger partial charge is 0.262 e. The van der Waals surface area contributed by atoms with Crippen molar-refractivity contribution in [3.8, 4) is 5.75 Å². The highest BCUT2D eigenvalue weighted by atomic mass is 35.5. The molecule has 0 saturated carbocycles. The summed E-state index contributed by atoms with van der Waals surface area (Å²) in [5.41, 5.74) is 2.44. The SMILES string of the molecule is Cn1cc(C(=O)Nc2cc3c(cc2Cl)NC(=O)CO3)c2ccccc21. The number of aryl methyl sites for hydroxylation is 1. The summed E-state index contributed by atoms with van der Waals surface area (Å²) < 4.78 is 7.27. The van der Waals surface area contributed by atoms with Crippen LogP contribution in [-0.2, 0) is 11.8 Å². The molecule has 0 aliphatic carbocycles. The Morgan fingerprint density at radius 1 is 1.32 bits per heavy atom. The van der Waals surface area contributed by atoms with Crippen molar-refractivity contribution >= 4 is 45.7 Å². The average Bonchev–Trinajstić information content (AvgIpc) is 2.93. The molecule has 0 saturated heterocycles. The number of para-hydroxylation sites is 1. The Morgan fingerprint density at radius 3 is 2.96 bits per heavy atom. The minimum atomic E-state index is -0.265. The molecule has 0 radical (unpaired) electrons. The Hall–Kier alpha value is -2.99. The van der Waals surface area contributed by atoms with Gasteiger partial charge in [0.15, 0.2) is 6.61 Å². The van der Waals surface area contributed by atoms with Crippen molar-refractivity contribution in [2.24, 2.45) is 7.05 Å². The highest BCUT2D eigenvalue weighted by molar-refractivity contribution is 6.34. The van der Waals surface area contributed by atoms with Crippen LogP contribution in [0.3, 0.4) is 0 Å². The third-order valence-electron chi connectivity index (χ3n) is 4.09. The van der Waals surface area contributed by atoms with Crippen LogP contribution in [0, 0.1) is 0 Å². The van der Waals surface area contributed by atoms with Crippen molar-refractivity contribution in [1.82, 2.24) is 4.57 Å². The number of hydrogen-bond donors (Lipinski definition) is 2. The Morgan fingerprint density at radius 2 is 2.12 bits per heavy atom. The molecule has 0 bridgehead atoms. The molecule has 2 heterocycles. The van der Waals surface area contributed by atoms with Crippen LogP contribution in [0.25, 0.3) is 10.9 Å². The van der Waals surface area contributed by atoms with E-state index in [2.05, 4.69) is 10.6 Å². The van der Waals surface area contributed by atoms with Crippen molar-refractivity contribution in [1.29, 1.82) is 0 Å². The van der Waals surface area contributed by atoms with E-state index in [1.807, 2.05) is 35.9 Å². The summed E-state index contributed by atoms with van der Waals surface area (Å²) in [5, 5.41) is 6.67. The summed E-state index contributed by atoms with van der Waals surface area (Å²) in [5.74, 6) is -0.0353. The molecule has 0 fully saturated rings.